The van der Waals surface area contributed by atoms with Gasteiger partial charge < -0.3 is 14.9 Å². The first-order valence-corrected chi connectivity index (χ1v) is 6.84. The van der Waals surface area contributed by atoms with Crippen LogP contribution in [0.1, 0.15) is 12.8 Å². The van der Waals surface area contributed by atoms with E-state index in [1.807, 2.05) is 0 Å². The van der Waals surface area contributed by atoms with Gasteiger partial charge in [0.05, 0.1) is 24.5 Å². The number of carbonyl (C=O) groups excluding carboxylic acids is 2. The lowest BCUT2D eigenvalue weighted by Gasteiger charge is -2.25. The van der Waals surface area contributed by atoms with E-state index in [2.05, 4.69) is 13.2 Å². The molecule has 3 rings (SSSR count). The van der Waals surface area contributed by atoms with Gasteiger partial charge in [0, 0.05) is 18.3 Å². The average Bonchev–Trinajstić information content (AvgIpc) is 2.81. The molecule has 0 amide bonds. The summed E-state index contributed by atoms with van der Waals surface area (Å²) in [6.07, 6.45) is -0.812. The van der Waals surface area contributed by atoms with Crippen molar-refractivity contribution < 1.29 is 24.5 Å². The van der Waals surface area contributed by atoms with E-state index in [-0.39, 0.29) is 37.1 Å². The molecular formula is C15H18O5. The molecule has 2 saturated carbocycles. The molecule has 2 N–H and O–H groups in total. The number of ketones is 1. The molecule has 1 heterocycles. The summed E-state index contributed by atoms with van der Waals surface area (Å²) < 4.78 is 5.41. The summed E-state index contributed by atoms with van der Waals surface area (Å²) in [6, 6.07) is 0. The van der Waals surface area contributed by atoms with Crippen LogP contribution in [0.25, 0.3) is 0 Å². The zero-order valence-electron chi connectivity index (χ0n) is 11.1. The van der Waals surface area contributed by atoms with Gasteiger partial charge in [-0.2, -0.15) is 0 Å². The molecule has 0 aromatic carbocycles. The molecular weight excluding hydrogens is 260 g/mol. The van der Waals surface area contributed by atoms with Crippen LogP contribution >= 0.6 is 0 Å². The van der Waals surface area contributed by atoms with Crippen molar-refractivity contribution >= 4 is 11.8 Å². The summed E-state index contributed by atoms with van der Waals surface area (Å²) in [6.45, 7) is 7.49. The zero-order chi connectivity index (χ0) is 14.6. The Morgan fingerprint density at radius 2 is 2.00 bits per heavy atom. The minimum atomic E-state index is -0.851. The normalized spacial score (nSPS) is 44.1. The molecule has 5 heteroatoms. The number of carbonyl (C=O) groups is 2. The number of rotatable bonds is 1. The van der Waals surface area contributed by atoms with Crippen LogP contribution < -0.4 is 0 Å². The summed E-state index contributed by atoms with van der Waals surface area (Å²) in [5.74, 6) is -2.22. The van der Waals surface area contributed by atoms with Crippen LogP contribution in [-0.2, 0) is 14.3 Å². The molecule has 0 bridgehead atoms. The van der Waals surface area contributed by atoms with E-state index < -0.39 is 30.0 Å². The highest BCUT2D eigenvalue weighted by Crippen LogP contribution is 2.50. The van der Waals surface area contributed by atoms with Gasteiger partial charge in [-0.05, 0) is 12.0 Å². The third-order valence-corrected chi connectivity index (χ3v) is 4.95. The fourth-order valence-corrected chi connectivity index (χ4v) is 3.92. The number of aliphatic hydroxyl groups excluding tert-OH is 2. The van der Waals surface area contributed by atoms with Crippen LogP contribution in [-0.4, -0.2) is 40.8 Å². The lowest BCUT2D eigenvalue weighted by atomic mass is 9.80. The van der Waals surface area contributed by atoms with Crippen LogP contribution in [0.2, 0.25) is 0 Å². The van der Waals surface area contributed by atoms with Gasteiger partial charge in [0.25, 0.3) is 0 Å². The van der Waals surface area contributed by atoms with Crippen molar-refractivity contribution in [1.29, 1.82) is 0 Å². The van der Waals surface area contributed by atoms with E-state index in [4.69, 9.17) is 4.74 Å². The van der Waals surface area contributed by atoms with Gasteiger partial charge in [0.1, 0.15) is 11.9 Å². The van der Waals surface area contributed by atoms with E-state index in [0.717, 1.165) is 5.57 Å². The van der Waals surface area contributed by atoms with Crippen LogP contribution in [0.15, 0.2) is 24.3 Å². The Labute approximate surface area is 116 Å². The summed E-state index contributed by atoms with van der Waals surface area (Å²) in [5, 5.41) is 19.6. The van der Waals surface area contributed by atoms with E-state index in [1.54, 1.807) is 0 Å². The average molecular weight is 278 g/mol. The predicted octanol–water partition coefficient (Wildman–Crippen LogP) is 0.219. The van der Waals surface area contributed by atoms with Crippen molar-refractivity contribution in [2.24, 2.45) is 23.7 Å². The second-order valence-electron chi connectivity index (χ2n) is 5.99. The third kappa shape index (κ3) is 1.70. The Morgan fingerprint density at radius 1 is 1.30 bits per heavy atom. The molecule has 20 heavy (non-hydrogen) atoms. The second-order valence-corrected chi connectivity index (χ2v) is 5.99. The van der Waals surface area contributed by atoms with E-state index in [1.165, 1.54) is 0 Å². The van der Waals surface area contributed by atoms with Gasteiger partial charge in [-0.1, -0.05) is 18.7 Å². The lowest BCUT2D eigenvalue weighted by Crippen LogP contribution is -2.31. The summed E-state index contributed by atoms with van der Waals surface area (Å²) in [4.78, 5) is 24.0. The number of fused-ring (bicyclic) bond motifs is 3. The maximum atomic E-state index is 12.1. The number of hydrogen-bond donors (Lipinski definition) is 2. The Balaban J connectivity index is 2.04. The van der Waals surface area contributed by atoms with Crippen molar-refractivity contribution in [2.45, 2.75) is 25.0 Å². The Morgan fingerprint density at radius 3 is 2.65 bits per heavy atom. The molecule has 5 nitrogen and oxygen atoms in total. The summed E-state index contributed by atoms with van der Waals surface area (Å²) in [7, 11) is 0. The van der Waals surface area contributed by atoms with Gasteiger partial charge >= 0.3 is 5.97 Å². The van der Waals surface area contributed by atoms with Crippen LogP contribution in [0, 0.1) is 23.7 Å². The van der Waals surface area contributed by atoms with Crippen molar-refractivity contribution in [1.82, 2.24) is 0 Å². The number of esters is 1. The maximum Gasteiger partial charge on any atom is 0.312 e. The summed E-state index contributed by atoms with van der Waals surface area (Å²) in [5.41, 5.74) is 1.22. The molecule has 6 atom stereocenters. The standard InChI is InChI=1S/C15H18O5/c1-6-3-11(18)13-7(2)10(17)4-8-9(5-16)15(19)20-14(8)12(6)13/h8-10,12-14,16-17H,1-5H2/t8-,9-,10-,12-,13+,14+/m1/s1. The molecule has 0 aromatic heterocycles. The number of ether oxygens (including phenoxy) is 1. The number of aliphatic hydroxyl groups is 2. The lowest BCUT2D eigenvalue weighted by molar-refractivity contribution is -0.147. The second kappa shape index (κ2) is 4.53. The maximum absolute atomic E-state index is 12.1. The van der Waals surface area contributed by atoms with Gasteiger partial charge in [-0.15, -0.1) is 0 Å². The Hall–Kier alpha value is -1.46. The first-order valence-electron chi connectivity index (χ1n) is 6.84. The van der Waals surface area contributed by atoms with E-state index in [0.29, 0.717) is 5.57 Å². The van der Waals surface area contributed by atoms with Crippen molar-refractivity contribution in [2.75, 3.05) is 6.61 Å². The topological polar surface area (TPSA) is 83.8 Å². The molecule has 0 unspecified atom stereocenters. The molecule has 1 saturated heterocycles. The largest absolute Gasteiger partial charge is 0.461 e. The fourth-order valence-electron chi connectivity index (χ4n) is 3.92. The number of hydrogen-bond acceptors (Lipinski definition) is 5. The third-order valence-electron chi connectivity index (χ3n) is 4.95. The first kappa shape index (κ1) is 13.5. The van der Waals surface area contributed by atoms with Crippen molar-refractivity contribution in [3.05, 3.63) is 24.3 Å². The molecule has 2 aliphatic carbocycles. The predicted molar refractivity (Wildman–Crippen MR) is 69.5 cm³/mol. The van der Waals surface area contributed by atoms with Crippen molar-refractivity contribution in [3.63, 3.8) is 0 Å². The van der Waals surface area contributed by atoms with Crippen molar-refractivity contribution in [3.8, 4) is 0 Å². The Kier molecular flexibility index (Phi) is 3.06. The molecule has 0 aromatic rings. The SMILES string of the molecule is C=C1CC(=O)[C@@H]2C(=C)[C@H](O)C[C@H]3[C@H](OC(=O)[C@@H]3CO)[C@H]12. The van der Waals surface area contributed by atoms with Gasteiger partial charge in [-0.3, -0.25) is 9.59 Å². The molecule has 108 valence electrons. The molecule has 3 fully saturated rings. The van der Waals surface area contributed by atoms with E-state index in [9.17, 15) is 19.8 Å². The molecule has 3 aliphatic rings. The molecule has 1 aliphatic heterocycles. The summed E-state index contributed by atoms with van der Waals surface area (Å²) >= 11 is 0. The minimum absolute atomic E-state index is 0.0202. The quantitative estimate of drug-likeness (QED) is 0.529. The van der Waals surface area contributed by atoms with Crippen LogP contribution in [0.3, 0.4) is 0 Å². The smallest absolute Gasteiger partial charge is 0.312 e. The van der Waals surface area contributed by atoms with Gasteiger partial charge in [0.2, 0.25) is 0 Å². The van der Waals surface area contributed by atoms with Gasteiger partial charge in [0.15, 0.2) is 0 Å². The Bertz CT molecular complexity index is 508. The molecule has 0 spiro atoms. The van der Waals surface area contributed by atoms with Crippen LogP contribution in [0.5, 0.6) is 0 Å². The minimum Gasteiger partial charge on any atom is -0.461 e. The van der Waals surface area contributed by atoms with E-state index >= 15 is 0 Å². The molecule has 0 radical (unpaired) electrons. The highest BCUT2D eigenvalue weighted by Gasteiger charge is 2.57. The monoisotopic (exact) mass is 278 g/mol. The highest BCUT2D eigenvalue weighted by atomic mass is 16.6. The fraction of sp³-hybridized carbons (Fsp3) is 0.600. The van der Waals surface area contributed by atoms with Gasteiger partial charge in [-0.25, -0.2) is 0 Å². The first-order chi connectivity index (χ1) is 9.45. The highest BCUT2D eigenvalue weighted by molar-refractivity contribution is 5.90. The van der Waals surface area contributed by atoms with Crippen LogP contribution in [0.4, 0.5) is 0 Å². The zero-order valence-corrected chi connectivity index (χ0v) is 11.1. The number of Topliss-reactive ketones (excluding diaryl/α,β-unsaturated/α-hetero) is 1.